The van der Waals surface area contributed by atoms with Crippen LogP contribution in [0.15, 0.2) is 24.3 Å². The van der Waals surface area contributed by atoms with Crippen LogP contribution in [0.25, 0.3) is 0 Å². The molecular weight excluding hydrogens is 640 g/mol. The van der Waals surface area contributed by atoms with Crippen molar-refractivity contribution in [3.8, 4) is 11.5 Å². The van der Waals surface area contributed by atoms with Crippen molar-refractivity contribution in [3.63, 3.8) is 0 Å². The Balaban J connectivity index is 0.00000705. The zero-order chi connectivity index (χ0) is 33.2. The van der Waals surface area contributed by atoms with Gasteiger partial charge in [-0.15, -0.1) is 17.0 Å². The maximum atomic E-state index is 13.6. The number of nitrogens with one attached hydrogen (secondary N) is 3. The molecule has 248 valence electrons. The summed E-state index contributed by atoms with van der Waals surface area (Å²) in [5.74, 6) is 0.158. The highest BCUT2D eigenvalue weighted by Gasteiger charge is 2.32. The summed E-state index contributed by atoms with van der Waals surface area (Å²) in [6.45, 7) is 20.1. The van der Waals surface area contributed by atoms with Gasteiger partial charge in [0.1, 0.15) is 22.9 Å². The highest BCUT2D eigenvalue weighted by molar-refractivity contribution is 8.93. The quantitative estimate of drug-likeness (QED) is 0.180. The molecule has 45 heavy (non-hydrogen) atoms. The number of rotatable bonds is 9. The van der Waals surface area contributed by atoms with E-state index in [-0.39, 0.29) is 70.4 Å². The minimum absolute atomic E-state index is 0. The summed E-state index contributed by atoms with van der Waals surface area (Å²) in [4.78, 5) is 40.3. The number of benzene rings is 2. The topological polar surface area (TPSA) is 141 Å². The van der Waals surface area contributed by atoms with Gasteiger partial charge in [0.2, 0.25) is 0 Å². The first-order chi connectivity index (χ1) is 20.2. The van der Waals surface area contributed by atoms with E-state index in [0.717, 1.165) is 5.56 Å². The fraction of sp³-hybridized carbons (Fsp3) is 0.529. The molecule has 0 aromatic heterocycles. The molecule has 0 bridgehead atoms. The van der Waals surface area contributed by atoms with E-state index in [9.17, 15) is 19.5 Å². The Labute approximate surface area is 277 Å². The van der Waals surface area contributed by atoms with E-state index in [1.165, 1.54) is 0 Å². The Bertz CT molecular complexity index is 1420. The smallest absolute Gasteiger partial charge is 0.407 e. The van der Waals surface area contributed by atoms with Crippen LogP contribution in [-0.2, 0) is 22.1 Å². The van der Waals surface area contributed by atoms with Crippen molar-refractivity contribution in [1.82, 2.24) is 15.5 Å². The first-order valence-corrected chi connectivity index (χ1v) is 15.0. The van der Waals surface area contributed by atoms with Crippen LogP contribution in [-0.4, -0.2) is 65.5 Å². The van der Waals surface area contributed by atoms with Gasteiger partial charge in [0, 0.05) is 41.9 Å². The van der Waals surface area contributed by atoms with Gasteiger partial charge in [0.05, 0.1) is 18.7 Å². The van der Waals surface area contributed by atoms with E-state index in [1.807, 2.05) is 48.5 Å². The number of ketones is 1. The first kappa shape index (κ1) is 37.6. The second-order valence-corrected chi connectivity index (χ2v) is 14.2. The second kappa shape index (κ2) is 14.2. The van der Waals surface area contributed by atoms with E-state index >= 15 is 0 Å². The third kappa shape index (κ3) is 9.45. The summed E-state index contributed by atoms with van der Waals surface area (Å²) < 4.78 is 11.0. The summed E-state index contributed by atoms with van der Waals surface area (Å²) in [5.41, 5.74) is 2.10. The number of phenols is 1. The van der Waals surface area contributed by atoms with Gasteiger partial charge in [-0.25, -0.2) is 4.79 Å². The van der Waals surface area contributed by atoms with E-state index in [2.05, 4.69) is 10.6 Å². The van der Waals surface area contributed by atoms with Gasteiger partial charge in [-0.1, -0.05) is 41.5 Å². The van der Waals surface area contributed by atoms with Crippen LogP contribution < -0.4 is 15.4 Å². The summed E-state index contributed by atoms with van der Waals surface area (Å²) in [6.07, 6.45) is -0.570. The van der Waals surface area contributed by atoms with Crippen molar-refractivity contribution in [3.05, 3.63) is 57.6 Å². The first-order valence-electron chi connectivity index (χ1n) is 15.0. The molecule has 4 N–H and O–H groups in total. The van der Waals surface area contributed by atoms with Crippen LogP contribution in [0.3, 0.4) is 0 Å². The average Bonchev–Trinajstić information content (AvgIpc) is 3.17. The molecule has 2 aromatic carbocycles. The number of ether oxygens (including phenoxy) is 2. The van der Waals surface area contributed by atoms with Crippen molar-refractivity contribution in [2.24, 2.45) is 0 Å². The number of Topliss-reactive ketones (excluding diaryl/α,β-unsaturated/α-hetero) is 1. The highest BCUT2D eigenvalue weighted by Crippen LogP contribution is 2.40. The lowest BCUT2D eigenvalue weighted by Crippen LogP contribution is -2.38. The monoisotopic (exact) mass is 688 g/mol. The Kier molecular flexibility index (Phi) is 11.9. The number of amides is 2. The number of carbonyl (C=O) groups excluding carboxylic acids is 3. The third-order valence-corrected chi connectivity index (χ3v) is 7.14. The summed E-state index contributed by atoms with van der Waals surface area (Å²) in [7, 11) is 0. The predicted molar refractivity (Wildman–Crippen MR) is 182 cm³/mol. The molecule has 1 aliphatic rings. The molecule has 0 spiro atoms. The van der Waals surface area contributed by atoms with E-state index < -0.39 is 17.6 Å². The zero-order valence-electron chi connectivity index (χ0n) is 28.2. The molecular formula is C34H49BrN4O6. The Morgan fingerprint density at radius 3 is 1.98 bits per heavy atom. The molecule has 0 atom stereocenters. The number of aromatic hydroxyl groups is 1. The van der Waals surface area contributed by atoms with Crippen molar-refractivity contribution in [2.75, 3.05) is 26.2 Å². The molecule has 3 rings (SSSR count). The fourth-order valence-electron chi connectivity index (χ4n) is 4.97. The summed E-state index contributed by atoms with van der Waals surface area (Å²) in [6, 6.07) is 6.89. The largest absolute Gasteiger partial charge is 0.507 e. The number of nitrogens with zero attached hydrogens (tertiary/aromatic N) is 1. The third-order valence-electron chi connectivity index (χ3n) is 7.14. The number of phenolic OH excluding ortho intramolecular Hbond substituents is 1. The minimum atomic E-state index is -0.623. The molecule has 0 saturated carbocycles. The lowest BCUT2D eigenvalue weighted by molar-refractivity contribution is 0.0526. The molecule has 0 fully saturated rings. The van der Waals surface area contributed by atoms with Gasteiger partial charge in [-0.2, -0.15) is 0 Å². The van der Waals surface area contributed by atoms with Crippen molar-refractivity contribution in [2.45, 2.75) is 92.2 Å². The lowest BCUT2D eigenvalue weighted by atomic mass is 9.78. The molecule has 0 radical (unpaired) electrons. The number of fused-ring (bicyclic) bond motifs is 1. The van der Waals surface area contributed by atoms with Gasteiger partial charge in [-0.05, 0) is 68.4 Å². The van der Waals surface area contributed by atoms with Gasteiger partial charge in [-0.3, -0.25) is 15.0 Å². The maximum Gasteiger partial charge on any atom is 0.407 e. The lowest BCUT2D eigenvalue weighted by Gasteiger charge is -2.28. The normalized spacial score (nSPS) is 13.1. The van der Waals surface area contributed by atoms with E-state index in [0.29, 0.717) is 41.2 Å². The van der Waals surface area contributed by atoms with E-state index in [1.54, 1.807) is 49.9 Å². The molecule has 0 saturated heterocycles. The Morgan fingerprint density at radius 1 is 0.911 bits per heavy atom. The van der Waals surface area contributed by atoms with Crippen LogP contribution in [0.5, 0.6) is 11.5 Å². The number of halogens is 1. The van der Waals surface area contributed by atoms with Gasteiger partial charge in [0.15, 0.2) is 5.78 Å². The number of amidine groups is 1. The molecule has 10 nitrogen and oxygen atoms in total. The van der Waals surface area contributed by atoms with E-state index in [4.69, 9.17) is 14.9 Å². The molecule has 1 heterocycles. The highest BCUT2D eigenvalue weighted by atomic mass is 79.9. The van der Waals surface area contributed by atoms with Crippen molar-refractivity contribution < 1.29 is 29.0 Å². The average molecular weight is 690 g/mol. The molecule has 11 heteroatoms. The SMILES string of the molecule is Br.CCOc1cc2c(cc1C(=O)NCCNC(=O)OC(C)(C)C)C(=N)N(CC(=O)c1cc(C(C)(C)C)c(O)c(C(C)(C)C)c1)C2. The van der Waals surface area contributed by atoms with Gasteiger partial charge < -0.3 is 30.1 Å². The Hall–Kier alpha value is -3.60. The van der Waals surface area contributed by atoms with Crippen molar-refractivity contribution in [1.29, 1.82) is 5.41 Å². The zero-order valence-corrected chi connectivity index (χ0v) is 29.9. The van der Waals surface area contributed by atoms with Crippen LogP contribution >= 0.6 is 17.0 Å². The van der Waals surface area contributed by atoms with Crippen LogP contribution in [0.1, 0.15) is 112 Å². The second-order valence-electron chi connectivity index (χ2n) is 14.2. The van der Waals surface area contributed by atoms with Crippen LogP contribution in [0.4, 0.5) is 4.79 Å². The molecule has 0 unspecified atom stereocenters. The number of hydrogen-bond acceptors (Lipinski definition) is 7. The summed E-state index contributed by atoms with van der Waals surface area (Å²) >= 11 is 0. The number of hydrogen-bond donors (Lipinski definition) is 4. The van der Waals surface area contributed by atoms with Gasteiger partial charge >= 0.3 is 6.09 Å². The summed E-state index contributed by atoms with van der Waals surface area (Å²) in [5, 5.41) is 25.3. The molecule has 0 aliphatic carbocycles. The molecule has 2 aromatic rings. The minimum Gasteiger partial charge on any atom is -0.507 e. The van der Waals surface area contributed by atoms with Crippen LogP contribution in [0.2, 0.25) is 0 Å². The molecule has 1 aliphatic heterocycles. The Morgan fingerprint density at radius 2 is 1.47 bits per heavy atom. The number of carbonyl (C=O) groups is 3. The standard InChI is InChI=1S/C34H48N4O6.BrH/c1-11-43-27-16-21-18-38(19-26(39)20-14-24(32(2,3)4)28(40)25(15-20)33(5,6)7)29(35)22(21)17-23(27)30(41)36-12-13-37-31(42)44-34(8,9)10;/h14-17,35,40H,11-13,18-19H2,1-10H3,(H,36,41)(H,37,42);1H. The maximum absolute atomic E-state index is 13.6. The van der Waals surface area contributed by atoms with Crippen molar-refractivity contribution >= 4 is 40.6 Å². The van der Waals surface area contributed by atoms with Gasteiger partial charge in [0.25, 0.3) is 5.91 Å². The number of alkyl carbamates (subject to hydrolysis) is 1. The fourth-order valence-corrected chi connectivity index (χ4v) is 4.97. The molecule has 2 amide bonds. The predicted octanol–water partition coefficient (Wildman–Crippen LogP) is 6.24. The van der Waals surface area contributed by atoms with Crippen LogP contribution in [0, 0.1) is 5.41 Å².